The molecule has 1 fully saturated rings. The summed E-state index contributed by atoms with van der Waals surface area (Å²) in [6.07, 6.45) is 4.14. The number of nitrogens with one attached hydrogen (secondary N) is 1. The van der Waals surface area contributed by atoms with Gasteiger partial charge >= 0.3 is 0 Å². The van der Waals surface area contributed by atoms with Gasteiger partial charge in [-0.3, -0.25) is 4.79 Å². The first kappa shape index (κ1) is 15.3. The van der Waals surface area contributed by atoms with Crippen LogP contribution in [0, 0.1) is 5.92 Å². The molecule has 0 radical (unpaired) electrons. The molecule has 0 bridgehead atoms. The molecule has 0 spiro atoms. The summed E-state index contributed by atoms with van der Waals surface area (Å²) < 4.78 is 11.2. The molecule has 1 aromatic heterocycles. The SMILES string of the molecule is O=C(NCC1CC1)c1cccnc1Sc1ccc2c(c1)OCCO2. The first-order valence-electron chi connectivity index (χ1n) is 8.10. The second-order valence-electron chi connectivity index (χ2n) is 5.92. The summed E-state index contributed by atoms with van der Waals surface area (Å²) >= 11 is 1.46. The van der Waals surface area contributed by atoms with Crippen molar-refractivity contribution in [3.05, 3.63) is 42.1 Å². The summed E-state index contributed by atoms with van der Waals surface area (Å²) in [4.78, 5) is 17.8. The molecule has 2 heterocycles. The number of nitrogens with zero attached hydrogens (tertiary/aromatic N) is 1. The van der Waals surface area contributed by atoms with Crippen LogP contribution in [0.15, 0.2) is 46.5 Å². The normalized spacial score (nSPS) is 15.8. The maximum absolute atomic E-state index is 12.4. The Morgan fingerprint density at radius 3 is 2.88 bits per heavy atom. The fourth-order valence-corrected chi connectivity index (χ4v) is 3.41. The summed E-state index contributed by atoms with van der Waals surface area (Å²) in [5.74, 6) is 2.09. The topological polar surface area (TPSA) is 60.5 Å². The van der Waals surface area contributed by atoms with Gasteiger partial charge in [0.15, 0.2) is 11.5 Å². The lowest BCUT2D eigenvalue weighted by Gasteiger charge is -2.18. The summed E-state index contributed by atoms with van der Waals surface area (Å²) in [6.45, 7) is 1.88. The van der Waals surface area contributed by atoms with E-state index in [1.165, 1.54) is 24.6 Å². The predicted molar refractivity (Wildman–Crippen MR) is 90.8 cm³/mol. The second-order valence-corrected chi connectivity index (χ2v) is 6.98. The number of rotatable bonds is 5. The van der Waals surface area contributed by atoms with Gasteiger partial charge in [0.25, 0.3) is 5.91 Å². The molecule has 1 aromatic carbocycles. The fourth-order valence-electron chi connectivity index (χ4n) is 2.50. The average Bonchev–Trinajstić information content (AvgIpc) is 3.44. The van der Waals surface area contributed by atoms with Crippen LogP contribution < -0.4 is 14.8 Å². The zero-order valence-electron chi connectivity index (χ0n) is 13.2. The van der Waals surface area contributed by atoms with Crippen LogP contribution >= 0.6 is 11.8 Å². The van der Waals surface area contributed by atoms with Crippen molar-refractivity contribution in [1.29, 1.82) is 0 Å². The maximum Gasteiger partial charge on any atom is 0.254 e. The first-order chi connectivity index (χ1) is 11.8. The lowest BCUT2D eigenvalue weighted by molar-refractivity contribution is 0.0948. The first-order valence-corrected chi connectivity index (χ1v) is 8.92. The average molecular weight is 342 g/mol. The zero-order valence-corrected chi connectivity index (χ0v) is 14.0. The minimum Gasteiger partial charge on any atom is -0.486 e. The molecular weight excluding hydrogens is 324 g/mol. The Hall–Kier alpha value is -2.21. The van der Waals surface area contributed by atoms with Crippen LogP contribution in [0.25, 0.3) is 0 Å². The Kier molecular flexibility index (Phi) is 4.30. The highest BCUT2D eigenvalue weighted by Crippen LogP contribution is 2.37. The van der Waals surface area contributed by atoms with Crippen molar-refractivity contribution < 1.29 is 14.3 Å². The van der Waals surface area contributed by atoms with Crippen LogP contribution in [0.1, 0.15) is 23.2 Å². The number of fused-ring (bicyclic) bond motifs is 1. The van der Waals surface area contributed by atoms with Gasteiger partial charge < -0.3 is 14.8 Å². The van der Waals surface area contributed by atoms with Crippen LogP contribution in [0.3, 0.4) is 0 Å². The molecule has 4 rings (SSSR count). The van der Waals surface area contributed by atoms with Gasteiger partial charge in [-0.05, 0) is 49.1 Å². The number of hydrogen-bond donors (Lipinski definition) is 1. The van der Waals surface area contributed by atoms with Gasteiger partial charge in [0.2, 0.25) is 0 Å². The number of benzene rings is 1. The van der Waals surface area contributed by atoms with E-state index in [9.17, 15) is 4.79 Å². The molecule has 1 aliphatic carbocycles. The van der Waals surface area contributed by atoms with Crippen molar-refractivity contribution in [2.75, 3.05) is 19.8 Å². The Labute approximate surface area is 144 Å². The smallest absolute Gasteiger partial charge is 0.254 e. The maximum atomic E-state index is 12.4. The minimum absolute atomic E-state index is 0.0601. The van der Waals surface area contributed by atoms with E-state index < -0.39 is 0 Å². The third-order valence-corrected chi connectivity index (χ3v) is 5.00. The lowest BCUT2D eigenvalue weighted by atomic mass is 10.2. The minimum atomic E-state index is -0.0601. The molecule has 0 atom stereocenters. The van der Waals surface area contributed by atoms with Gasteiger partial charge in [-0.1, -0.05) is 11.8 Å². The zero-order chi connectivity index (χ0) is 16.4. The van der Waals surface area contributed by atoms with E-state index in [1.807, 2.05) is 24.3 Å². The van der Waals surface area contributed by atoms with Crippen LogP contribution in [0.5, 0.6) is 11.5 Å². The number of pyridine rings is 1. The number of ether oxygens (including phenoxy) is 2. The van der Waals surface area contributed by atoms with Crippen molar-refractivity contribution in [3.8, 4) is 11.5 Å². The van der Waals surface area contributed by atoms with E-state index in [2.05, 4.69) is 10.3 Å². The van der Waals surface area contributed by atoms with Crippen molar-refractivity contribution >= 4 is 17.7 Å². The van der Waals surface area contributed by atoms with E-state index in [-0.39, 0.29) is 5.91 Å². The summed E-state index contributed by atoms with van der Waals surface area (Å²) in [7, 11) is 0. The van der Waals surface area contributed by atoms with E-state index in [1.54, 1.807) is 12.3 Å². The molecule has 1 amide bonds. The predicted octanol–water partition coefficient (Wildman–Crippen LogP) is 3.14. The van der Waals surface area contributed by atoms with Gasteiger partial charge in [0.1, 0.15) is 18.2 Å². The van der Waals surface area contributed by atoms with Gasteiger partial charge in [-0.25, -0.2) is 4.98 Å². The number of aromatic nitrogens is 1. The molecule has 1 aliphatic heterocycles. The van der Waals surface area contributed by atoms with Crippen molar-refractivity contribution in [2.24, 2.45) is 5.92 Å². The number of amides is 1. The molecule has 124 valence electrons. The second kappa shape index (κ2) is 6.73. The molecule has 6 heteroatoms. The Morgan fingerprint density at radius 1 is 1.21 bits per heavy atom. The highest BCUT2D eigenvalue weighted by Gasteiger charge is 2.23. The highest BCUT2D eigenvalue weighted by atomic mass is 32.2. The molecule has 2 aliphatic rings. The van der Waals surface area contributed by atoms with E-state index in [0.717, 1.165) is 22.9 Å². The van der Waals surface area contributed by atoms with Gasteiger partial charge in [-0.2, -0.15) is 0 Å². The van der Waals surface area contributed by atoms with Gasteiger partial charge in [-0.15, -0.1) is 0 Å². The Bertz CT molecular complexity index is 762. The third-order valence-electron chi connectivity index (χ3n) is 3.99. The Morgan fingerprint density at radius 2 is 2.04 bits per heavy atom. The third kappa shape index (κ3) is 3.48. The molecular formula is C18H18N2O3S. The van der Waals surface area contributed by atoms with E-state index >= 15 is 0 Å². The molecule has 2 aromatic rings. The monoisotopic (exact) mass is 342 g/mol. The summed E-state index contributed by atoms with van der Waals surface area (Å²) in [6, 6.07) is 9.39. The molecule has 1 N–H and O–H groups in total. The van der Waals surface area contributed by atoms with Gasteiger partial charge in [0, 0.05) is 17.6 Å². The molecule has 5 nitrogen and oxygen atoms in total. The van der Waals surface area contributed by atoms with Crippen LogP contribution in [0.2, 0.25) is 0 Å². The summed E-state index contributed by atoms with van der Waals surface area (Å²) in [5.41, 5.74) is 0.609. The number of hydrogen-bond acceptors (Lipinski definition) is 5. The van der Waals surface area contributed by atoms with Gasteiger partial charge in [0.05, 0.1) is 5.56 Å². The molecule has 1 saturated carbocycles. The van der Waals surface area contributed by atoms with E-state index in [4.69, 9.17) is 9.47 Å². The molecule has 0 unspecified atom stereocenters. The van der Waals surface area contributed by atoms with Crippen LogP contribution in [0.4, 0.5) is 0 Å². The molecule has 0 saturated heterocycles. The standard InChI is InChI=1S/C18H18N2O3S/c21-17(20-11-12-3-4-12)14-2-1-7-19-18(14)24-13-5-6-15-16(10-13)23-9-8-22-15/h1-2,5-7,10,12H,3-4,8-9,11H2,(H,20,21). The van der Waals surface area contributed by atoms with Crippen molar-refractivity contribution in [1.82, 2.24) is 10.3 Å². The van der Waals surface area contributed by atoms with Crippen LogP contribution in [-0.4, -0.2) is 30.6 Å². The van der Waals surface area contributed by atoms with Crippen molar-refractivity contribution in [3.63, 3.8) is 0 Å². The number of carbonyl (C=O) groups is 1. The van der Waals surface area contributed by atoms with E-state index in [0.29, 0.717) is 29.7 Å². The fraction of sp³-hybridized carbons (Fsp3) is 0.333. The largest absolute Gasteiger partial charge is 0.486 e. The quantitative estimate of drug-likeness (QED) is 0.904. The lowest BCUT2D eigenvalue weighted by Crippen LogP contribution is -2.26. The highest BCUT2D eigenvalue weighted by molar-refractivity contribution is 7.99. The Balaban J connectivity index is 1.52. The van der Waals surface area contributed by atoms with Crippen molar-refractivity contribution in [2.45, 2.75) is 22.8 Å². The number of carbonyl (C=O) groups excluding carboxylic acids is 1. The van der Waals surface area contributed by atoms with Crippen LogP contribution in [-0.2, 0) is 0 Å². The summed E-state index contributed by atoms with van der Waals surface area (Å²) in [5, 5.41) is 3.70. The molecule has 24 heavy (non-hydrogen) atoms.